The number of likely N-dealkylation sites (tertiary alicyclic amines) is 3. The van der Waals surface area contributed by atoms with Crippen molar-refractivity contribution in [1.82, 2.24) is 30.7 Å². The van der Waals surface area contributed by atoms with Crippen LogP contribution in [0.5, 0.6) is 0 Å². The van der Waals surface area contributed by atoms with Crippen molar-refractivity contribution in [3.05, 3.63) is 11.1 Å². The first-order valence-electron chi connectivity index (χ1n) is 20.0. The van der Waals surface area contributed by atoms with Crippen LogP contribution < -0.4 is 21.7 Å². The Hall–Kier alpha value is -3.88. The number of ether oxygens (including phenoxy) is 2. The molecule has 1 spiro atoms. The van der Waals surface area contributed by atoms with Crippen LogP contribution in [0.4, 0.5) is 9.59 Å². The van der Waals surface area contributed by atoms with E-state index in [9.17, 15) is 19.2 Å². The average Bonchev–Trinajstić information content (AvgIpc) is 3.99. The lowest BCUT2D eigenvalue weighted by Crippen LogP contribution is -2.58. The van der Waals surface area contributed by atoms with E-state index in [4.69, 9.17) is 25.2 Å². The van der Waals surface area contributed by atoms with Crippen molar-refractivity contribution in [2.45, 2.75) is 129 Å². The summed E-state index contributed by atoms with van der Waals surface area (Å²) in [6.07, 6.45) is 5.73. The van der Waals surface area contributed by atoms with Gasteiger partial charge in [0.05, 0.1) is 38.9 Å². The first-order valence-corrected chi connectivity index (χ1v) is 20.0. The quantitative estimate of drug-likeness (QED) is 0.132. The third-order valence-corrected chi connectivity index (χ3v) is 12.6. The average molecular weight is 756 g/mol. The molecule has 1 aliphatic carbocycles. The molecule has 15 heteroatoms. The van der Waals surface area contributed by atoms with Gasteiger partial charge in [-0.15, -0.1) is 0 Å². The Morgan fingerprint density at radius 3 is 2.11 bits per heavy atom. The van der Waals surface area contributed by atoms with E-state index in [0.29, 0.717) is 31.9 Å². The summed E-state index contributed by atoms with van der Waals surface area (Å²) in [4.78, 5) is 69.1. The van der Waals surface area contributed by atoms with E-state index in [-0.39, 0.29) is 41.1 Å². The van der Waals surface area contributed by atoms with Gasteiger partial charge < -0.3 is 45.9 Å². The number of nitrogens with one attached hydrogen (secondary N) is 3. The molecule has 0 aromatic rings. The van der Waals surface area contributed by atoms with Crippen LogP contribution in [0.3, 0.4) is 0 Å². The van der Waals surface area contributed by atoms with Crippen LogP contribution >= 0.6 is 0 Å². The molecule has 2 unspecified atom stereocenters. The van der Waals surface area contributed by atoms with E-state index in [1.165, 1.54) is 25.4 Å². The predicted octanol–water partition coefficient (Wildman–Crippen LogP) is 3.04. The van der Waals surface area contributed by atoms with E-state index in [1.54, 1.807) is 4.90 Å². The topological polar surface area (TPSA) is 183 Å². The molecule has 4 amide bonds. The maximum absolute atomic E-state index is 14.0. The molecular weight excluding hydrogens is 690 g/mol. The molecule has 3 saturated heterocycles. The second kappa shape index (κ2) is 16.9. The zero-order valence-electron chi connectivity index (χ0n) is 34.0. The van der Waals surface area contributed by atoms with Crippen molar-refractivity contribution in [1.29, 1.82) is 0 Å². The Kier molecular flexibility index (Phi) is 12.9. The van der Waals surface area contributed by atoms with Gasteiger partial charge in [0.25, 0.3) is 0 Å². The molecule has 15 nitrogen and oxygen atoms in total. The van der Waals surface area contributed by atoms with Crippen LogP contribution in [0.15, 0.2) is 21.1 Å². The molecule has 3 fully saturated rings. The van der Waals surface area contributed by atoms with Gasteiger partial charge in [0.2, 0.25) is 11.8 Å². The van der Waals surface area contributed by atoms with E-state index in [2.05, 4.69) is 41.7 Å². The van der Waals surface area contributed by atoms with Crippen LogP contribution in [-0.4, -0.2) is 140 Å². The Bertz CT molecular complexity index is 1530. The molecule has 5 rings (SSSR count). The van der Waals surface area contributed by atoms with Crippen molar-refractivity contribution in [3.63, 3.8) is 0 Å². The number of allylic oxidation sites excluding steroid dienone is 1. The molecular formula is C39H65N9O6. The number of aliphatic imine (C=N–C) groups is 2. The lowest BCUT2D eigenvalue weighted by atomic mass is 9.68. The number of rotatable bonds is 12. The number of alkyl carbamates (subject to hydrolysis) is 2. The summed E-state index contributed by atoms with van der Waals surface area (Å²) in [5.74, 6) is 0.514. The lowest BCUT2D eigenvalue weighted by molar-refractivity contribution is -0.135. The van der Waals surface area contributed by atoms with E-state index < -0.39 is 35.9 Å². The van der Waals surface area contributed by atoms with Crippen LogP contribution in [0.2, 0.25) is 0 Å². The van der Waals surface area contributed by atoms with Gasteiger partial charge in [-0.1, -0.05) is 40.2 Å². The molecule has 0 aromatic carbocycles. The van der Waals surface area contributed by atoms with Crippen molar-refractivity contribution in [3.8, 4) is 0 Å². The molecule has 7 atom stereocenters. The summed E-state index contributed by atoms with van der Waals surface area (Å²) in [7, 11) is 4.77. The van der Waals surface area contributed by atoms with Gasteiger partial charge in [-0.2, -0.15) is 0 Å². The number of hydrogen-bond donors (Lipinski definition) is 4. The molecule has 0 saturated carbocycles. The predicted molar refractivity (Wildman–Crippen MR) is 208 cm³/mol. The van der Waals surface area contributed by atoms with Crippen molar-refractivity contribution in [2.75, 3.05) is 54.0 Å². The van der Waals surface area contributed by atoms with Crippen molar-refractivity contribution in [2.24, 2.45) is 33.0 Å². The number of methoxy groups -OCH3 is 2. The Labute approximate surface area is 321 Å². The Morgan fingerprint density at radius 2 is 1.56 bits per heavy atom. The number of nitrogens with zero attached hydrogens (tertiary/aromatic N) is 5. The second-order valence-corrected chi connectivity index (χ2v) is 16.8. The minimum atomic E-state index is -0.804. The summed E-state index contributed by atoms with van der Waals surface area (Å²) in [6.45, 7) is 15.5. The largest absolute Gasteiger partial charge is 0.453 e. The highest BCUT2D eigenvalue weighted by molar-refractivity contribution is 5.96. The summed E-state index contributed by atoms with van der Waals surface area (Å²) in [5, 5.41) is 9.28. The first kappa shape index (κ1) is 41.3. The number of carbonyl (C=O) groups excluding carboxylic acids is 4. The number of nitrogens with two attached hydrogens (primary N) is 1. The second-order valence-electron chi connectivity index (χ2n) is 16.8. The molecule has 0 aromatic heterocycles. The minimum Gasteiger partial charge on any atom is -0.453 e. The molecule has 0 radical (unpaired) electrons. The molecule has 302 valence electrons. The maximum atomic E-state index is 14.0. The Morgan fingerprint density at radius 1 is 0.963 bits per heavy atom. The first-order chi connectivity index (χ1) is 25.6. The summed E-state index contributed by atoms with van der Waals surface area (Å²) in [6, 6.07) is -2.42. The third kappa shape index (κ3) is 8.06. The van der Waals surface area contributed by atoms with Crippen molar-refractivity contribution < 1.29 is 28.7 Å². The van der Waals surface area contributed by atoms with E-state index in [0.717, 1.165) is 63.9 Å². The highest BCUT2D eigenvalue weighted by atomic mass is 16.5. The lowest BCUT2D eigenvalue weighted by Gasteiger charge is -2.43. The van der Waals surface area contributed by atoms with Crippen LogP contribution in [0, 0.1) is 17.3 Å². The van der Waals surface area contributed by atoms with Crippen LogP contribution in [-0.2, 0) is 19.1 Å². The normalized spacial score (nSPS) is 28.4. The fourth-order valence-electron chi connectivity index (χ4n) is 9.79. The third-order valence-electron chi connectivity index (χ3n) is 12.6. The van der Waals surface area contributed by atoms with Crippen LogP contribution in [0.25, 0.3) is 0 Å². The van der Waals surface area contributed by atoms with Gasteiger partial charge in [-0.3, -0.25) is 19.6 Å². The maximum Gasteiger partial charge on any atom is 0.407 e. The van der Waals surface area contributed by atoms with E-state index in [1.807, 2.05) is 32.6 Å². The number of amidine groups is 2. The highest BCUT2D eigenvalue weighted by Gasteiger charge is 2.55. The monoisotopic (exact) mass is 756 g/mol. The van der Waals surface area contributed by atoms with Gasteiger partial charge in [0, 0.05) is 25.0 Å². The molecule has 4 heterocycles. The van der Waals surface area contributed by atoms with Gasteiger partial charge in [0.15, 0.2) is 0 Å². The molecule has 0 bridgehead atoms. The number of amides is 4. The Balaban J connectivity index is 1.49. The molecule has 54 heavy (non-hydrogen) atoms. The van der Waals surface area contributed by atoms with Gasteiger partial charge in [-0.05, 0) is 89.3 Å². The molecule has 5 N–H and O–H groups in total. The highest BCUT2D eigenvalue weighted by Crippen LogP contribution is 2.55. The minimum absolute atomic E-state index is 0.0547. The summed E-state index contributed by atoms with van der Waals surface area (Å²) in [5.41, 5.74) is 9.00. The van der Waals surface area contributed by atoms with E-state index >= 15 is 0 Å². The zero-order valence-corrected chi connectivity index (χ0v) is 34.0. The zero-order chi connectivity index (χ0) is 39.5. The van der Waals surface area contributed by atoms with Gasteiger partial charge in [-0.25, -0.2) is 9.59 Å². The summed E-state index contributed by atoms with van der Waals surface area (Å²) < 4.78 is 9.67. The van der Waals surface area contributed by atoms with Crippen LogP contribution in [0.1, 0.15) is 92.9 Å². The number of carbonyl (C=O) groups is 4. The van der Waals surface area contributed by atoms with Gasteiger partial charge in [0.1, 0.15) is 29.3 Å². The summed E-state index contributed by atoms with van der Waals surface area (Å²) >= 11 is 0. The fraction of sp³-hybridized carbons (Fsp3) is 0.795. The molecule has 5 aliphatic rings. The van der Waals surface area contributed by atoms with Crippen molar-refractivity contribution >= 4 is 35.7 Å². The fourth-order valence-corrected chi connectivity index (χ4v) is 9.79. The molecule has 4 aliphatic heterocycles. The van der Waals surface area contributed by atoms with Gasteiger partial charge >= 0.3 is 12.2 Å². The standard InChI is InChI=1S/C39H65N9O6/c1-10-25-15-16-39(17-20-46(7)22-39)31(25)38(6,45-32(40)26-13-11-18-47(26)34(49)29(23(2)3)43-36(51)53-8)28-21-41-33(42-28)27-14-12-19-48(27)35(50)30(24(4)5)44-37(52)54-9/h23-24,26-30H,10-22H2,1-9H3,(H2,40,45)(H,41,42)(H,43,51)(H,44,52)/t26-,27-,28+,29-,30-,38?,39?/m0/s1. The SMILES string of the molecule is CCC1=C(C(C)(N=C(N)[C@@H]2CCCN2C(=O)[C@@H](NC(=O)OC)C(C)C)[C@H]2CN=C([C@@H]3CCCN3C(=O)[C@@H](NC(=O)OC)C(C)C)N2)C2(CC1)CCN(C)C2. The smallest absolute Gasteiger partial charge is 0.407 e. The number of hydrogen-bond acceptors (Lipinski definition) is 10.